The average molecular weight is 571 g/mol. The molecule has 0 bridgehead atoms. The maximum Gasteiger partial charge on any atom is 0.343 e. The summed E-state index contributed by atoms with van der Waals surface area (Å²) in [4.78, 5) is 12.7. The second-order valence-corrected chi connectivity index (χ2v) is 11.4. The molecule has 1 aliphatic rings. The van der Waals surface area contributed by atoms with Crippen molar-refractivity contribution in [3.63, 3.8) is 0 Å². The molecule has 3 nitrogen and oxygen atoms in total. The van der Waals surface area contributed by atoms with Crippen molar-refractivity contribution in [2.24, 2.45) is 5.92 Å². The van der Waals surface area contributed by atoms with Gasteiger partial charge in [-0.05, 0) is 96.3 Å². The number of hydrogen-bond donors (Lipinski definition) is 0. The van der Waals surface area contributed by atoms with E-state index < -0.39 is 0 Å². The molecule has 0 heterocycles. The van der Waals surface area contributed by atoms with Crippen LogP contribution in [0.3, 0.4) is 0 Å². The van der Waals surface area contributed by atoms with Crippen molar-refractivity contribution in [3.8, 4) is 11.5 Å². The summed E-state index contributed by atoms with van der Waals surface area (Å²) in [7, 11) is 0. The van der Waals surface area contributed by atoms with Gasteiger partial charge in [0.05, 0.1) is 16.6 Å². The largest absolute Gasteiger partial charge is 0.492 e. The number of aryl methyl sites for hydroxylation is 1. The van der Waals surface area contributed by atoms with Crippen molar-refractivity contribution in [1.82, 2.24) is 0 Å². The predicted octanol–water partition coefficient (Wildman–Crippen LogP) is 10.3. The first-order valence-corrected chi connectivity index (χ1v) is 15.5. The molecule has 0 atom stereocenters. The third-order valence-electron chi connectivity index (χ3n) is 7.46. The molecule has 37 heavy (non-hydrogen) atoms. The third kappa shape index (κ3) is 11.6. The van der Waals surface area contributed by atoms with Crippen LogP contribution < -0.4 is 9.47 Å². The van der Waals surface area contributed by atoms with Crippen LogP contribution in [0.2, 0.25) is 0 Å². The molecule has 1 saturated carbocycles. The molecule has 2 aromatic carbocycles. The molecule has 0 aliphatic heterocycles. The molecule has 4 heteroatoms. The fourth-order valence-electron chi connectivity index (χ4n) is 5.06. The minimum absolute atomic E-state index is 0.354. The Labute approximate surface area is 233 Å². The van der Waals surface area contributed by atoms with Gasteiger partial charge in [-0.1, -0.05) is 89.7 Å². The quantitative estimate of drug-likeness (QED) is 0.108. The van der Waals surface area contributed by atoms with Gasteiger partial charge in [-0.25, -0.2) is 4.79 Å². The van der Waals surface area contributed by atoms with E-state index in [1.807, 2.05) is 18.2 Å². The number of rotatable bonds is 17. The molecule has 0 N–H and O–H groups in total. The van der Waals surface area contributed by atoms with Crippen LogP contribution in [0.25, 0.3) is 0 Å². The Morgan fingerprint density at radius 2 is 1.51 bits per heavy atom. The number of benzene rings is 2. The van der Waals surface area contributed by atoms with Gasteiger partial charge in [0.2, 0.25) is 0 Å². The van der Waals surface area contributed by atoms with E-state index in [1.54, 1.807) is 12.1 Å². The highest BCUT2D eigenvalue weighted by Crippen LogP contribution is 2.28. The lowest BCUT2D eigenvalue weighted by Gasteiger charge is -2.21. The molecule has 0 aromatic heterocycles. The van der Waals surface area contributed by atoms with E-state index in [0.717, 1.165) is 29.0 Å². The molecule has 1 radical (unpaired) electrons. The number of ether oxygens (including phenoxy) is 2. The highest BCUT2D eigenvalue weighted by molar-refractivity contribution is 9.10. The lowest BCUT2D eigenvalue weighted by Crippen LogP contribution is -2.09. The molecule has 0 spiro atoms. The highest BCUT2D eigenvalue weighted by atomic mass is 79.9. The van der Waals surface area contributed by atoms with Gasteiger partial charge in [0.1, 0.15) is 11.5 Å². The zero-order valence-electron chi connectivity index (χ0n) is 22.8. The molecule has 0 unspecified atom stereocenters. The summed E-state index contributed by atoms with van der Waals surface area (Å²) < 4.78 is 12.3. The Bertz CT molecular complexity index is 902. The van der Waals surface area contributed by atoms with E-state index in [4.69, 9.17) is 9.47 Å². The van der Waals surface area contributed by atoms with Crippen LogP contribution in [0.4, 0.5) is 0 Å². The number of carbonyl (C=O) groups excluding carboxylic acids is 1. The topological polar surface area (TPSA) is 35.5 Å². The van der Waals surface area contributed by atoms with Crippen LogP contribution in [-0.4, -0.2) is 12.6 Å². The first-order valence-electron chi connectivity index (χ1n) is 14.7. The van der Waals surface area contributed by atoms with Crippen molar-refractivity contribution >= 4 is 21.9 Å². The van der Waals surface area contributed by atoms with Gasteiger partial charge in [0.25, 0.3) is 0 Å². The maximum atomic E-state index is 12.7. The minimum Gasteiger partial charge on any atom is -0.492 e. The molecule has 3 rings (SSSR count). The Morgan fingerprint density at radius 1 is 0.865 bits per heavy atom. The van der Waals surface area contributed by atoms with E-state index in [-0.39, 0.29) is 5.97 Å². The summed E-state index contributed by atoms with van der Waals surface area (Å²) in [5.41, 5.74) is 1.82. The SMILES string of the molecule is CCCCCCCCCCCCOc1ccc(C(=O)Oc2ccc(CCC3CC[CH]CC3)cc2)cc1Br. The molecular formula is C33H46BrO3. The van der Waals surface area contributed by atoms with E-state index in [9.17, 15) is 4.79 Å². The second-order valence-electron chi connectivity index (χ2n) is 10.6. The average Bonchev–Trinajstić information content (AvgIpc) is 2.92. The lowest BCUT2D eigenvalue weighted by atomic mass is 9.85. The number of carbonyl (C=O) groups is 1. The molecule has 203 valence electrons. The predicted molar refractivity (Wildman–Crippen MR) is 157 cm³/mol. The zero-order valence-corrected chi connectivity index (χ0v) is 24.4. The fraction of sp³-hybridized carbons (Fsp3) is 0.576. The summed E-state index contributed by atoms with van der Waals surface area (Å²) in [6.45, 7) is 2.96. The van der Waals surface area contributed by atoms with Crippen LogP contribution >= 0.6 is 15.9 Å². The Hall–Kier alpha value is -1.81. The first-order chi connectivity index (χ1) is 18.2. The van der Waals surface area contributed by atoms with Crippen LogP contribution in [-0.2, 0) is 6.42 Å². The van der Waals surface area contributed by atoms with Gasteiger partial charge in [0.15, 0.2) is 0 Å². The Kier molecular flexibility index (Phi) is 14.2. The Balaban J connectivity index is 1.32. The van der Waals surface area contributed by atoms with E-state index in [0.29, 0.717) is 17.9 Å². The number of esters is 1. The zero-order chi connectivity index (χ0) is 26.1. The normalized spacial score (nSPS) is 14.0. The molecule has 1 aliphatic carbocycles. The first kappa shape index (κ1) is 29.7. The van der Waals surface area contributed by atoms with Crippen molar-refractivity contribution in [1.29, 1.82) is 0 Å². The van der Waals surface area contributed by atoms with Crippen molar-refractivity contribution < 1.29 is 14.3 Å². The monoisotopic (exact) mass is 569 g/mol. The molecular weight excluding hydrogens is 524 g/mol. The second kappa shape index (κ2) is 17.7. The van der Waals surface area contributed by atoms with Crippen LogP contribution in [0.15, 0.2) is 46.9 Å². The van der Waals surface area contributed by atoms with E-state index in [1.165, 1.54) is 95.5 Å². The highest BCUT2D eigenvalue weighted by Gasteiger charge is 2.14. The van der Waals surface area contributed by atoms with Crippen LogP contribution in [0.1, 0.15) is 119 Å². The standard InChI is InChI=1S/C33H46BrO3/c1-2-3-4-5-6-7-8-9-10-14-25-36-32-24-21-29(26-31(32)34)33(35)37-30-22-19-28(20-23-30)18-17-27-15-12-11-13-16-27/h11,19-24,26-27H,2-10,12-18,25H2,1H3. The van der Waals surface area contributed by atoms with Gasteiger partial charge in [-0.15, -0.1) is 0 Å². The van der Waals surface area contributed by atoms with Gasteiger partial charge < -0.3 is 9.47 Å². The Morgan fingerprint density at radius 3 is 2.16 bits per heavy atom. The van der Waals surface area contributed by atoms with Crippen molar-refractivity contribution in [2.75, 3.05) is 6.61 Å². The number of halogens is 1. The number of unbranched alkanes of at least 4 members (excludes halogenated alkanes) is 9. The summed E-state index contributed by atoms with van der Waals surface area (Å²) in [6, 6.07) is 13.4. The van der Waals surface area contributed by atoms with Gasteiger partial charge in [-0.2, -0.15) is 0 Å². The third-order valence-corrected chi connectivity index (χ3v) is 8.08. The minimum atomic E-state index is -0.354. The fourth-order valence-corrected chi connectivity index (χ4v) is 5.56. The molecule has 2 aromatic rings. The smallest absolute Gasteiger partial charge is 0.343 e. The summed E-state index contributed by atoms with van der Waals surface area (Å²) >= 11 is 3.55. The summed E-state index contributed by atoms with van der Waals surface area (Å²) in [6.07, 6.45) is 23.0. The molecule has 1 fully saturated rings. The van der Waals surface area contributed by atoms with Gasteiger partial charge in [-0.3, -0.25) is 0 Å². The number of hydrogen-bond acceptors (Lipinski definition) is 3. The summed E-state index contributed by atoms with van der Waals surface area (Å²) in [5.74, 6) is 1.85. The molecule has 0 amide bonds. The van der Waals surface area contributed by atoms with Gasteiger partial charge in [0, 0.05) is 0 Å². The van der Waals surface area contributed by atoms with Crippen molar-refractivity contribution in [3.05, 3.63) is 64.5 Å². The molecule has 0 saturated heterocycles. The summed E-state index contributed by atoms with van der Waals surface area (Å²) in [5, 5.41) is 0. The van der Waals surface area contributed by atoms with Crippen LogP contribution in [0.5, 0.6) is 11.5 Å². The maximum absolute atomic E-state index is 12.7. The van der Waals surface area contributed by atoms with Crippen molar-refractivity contribution in [2.45, 2.75) is 110 Å². The lowest BCUT2D eigenvalue weighted by molar-refractivity contribution is 0.0734. The van der Waals surface area contributed by atoms with Crippen LogP contribution in [0, 0.1) is 12.3 Å². The van der Waals surface area contributed by atoms with Gasteiger partial charge >= 0.3 is 5.97 Å². The van der Waals surface area contributed by atoms with E-state index in [2.05, 4.69) is 41.4 Å². The van der Waals surface area contributed by atoms with E-state index >= 15 is 0 Å².